The van der Waals surface area contributed by atoms with E-state index in [4.69, 9.17) is 4.74 Å². The van der Waals surface area contributed by atoms with Crippen LogP contribution in [0.5, 0.6) is 0 Å². The van der Waals surface area contributed by atoms with Gasteiger partial charge in [-0.15, -0.1) is 0 Å². The standard InChI is InChI=1S/C26H36N4O6/c1-18-6-5-9-20(16-18)25(34)29-10-11-30(26(35)28-12-14-36-15-13-28)24(29)23(33)27-21(17-22(31)32)19-7-3-2-4-8-19/h5-6,9,16,19,21,24H,2-4,7-8,10-15,17H2,1H3,(H,27,33)(H,31,32). The molecule has 10 nitrogen and oxygen atoms in total. The molecule has 3 aliphatic rings. The van der Waals surface area contributed by atoms with Crippen molar-refractivity contribution in [2.45, 2.75) is 57.7 Å². The van der Waals surface area contributed by atoms with Crippen LogP contribution in [-0.2, 0) is 14.3 Å². The van der Waals surface area contributed by atoms with Crippen LogP contribution in [0.3, 0.4) is 0 Å². The molecule has 2 atom stereocenters. The highest BCUT2D eigenvalue weighted by Gasteiger charge is 2.45. The zero-order chi connectivity index (χ0) is 25.7. The van der Waals surface area contributed by atoms with Crippen molar-refractivity contribution in [3.8, 4) is 0 Å². The maximum Gasteiger partial charge on any atom is 0.322 e. The van der Waals surface area contributed by atoms with Crippen molar-refractivity contribution in [2.75, 3.05) is 39.4 Å². The van der Waals surface area contributed by atoms with E-state index in [2.05, 4.69) is 5.32 Å². The van der Waals surface area contributed by atoms with Gasteiger partial charge in [-0.2, -0.15) is 0 Å². The van der Waals surface area contributed by atoms with Gasteiger partial charge in [0.25, 0.3) is 11.8 Å². The second kappa shape index (κ2) is 11.7. The number of hydrogen-bond donors (Lipinski definition) is 2. The number of hydrogen-bond acceptors (Lipinski definition) is 5. The third-order valence-electron chi connectivity index (χ3n) is 7.40. The van der Waals surface area contributed by atoms with Gasteiger partial charge in [0.05, 0.1) is 19.6 Å². The van der Waals surface area contributed by atoms with Crippen LogP contribution in [0.15, 0.2) is 24.3 Å². The molecule has 10 heteroatoms. The van der Waals surface area contributed by atoms with E-state index < -0.39 is 24.1 Å². The van der Waals surface area contributed by atoms with Crippen LogP contribution in [0.2, 0.25) is 0 Å². The van der Waals surface area contributed by atoms with Gasteiger partial charge in [0, 0.05) is 37.8 Å². The van der Waals surface area contributed by atoms with Gasteiger partial charge in [0.1, 0.15) is 0 Å². The van der Waals surface area contributed by atoms with Crippen molar-refractivity contribution in [1.29, 1.82) is 0 Å². The number of carboxylic acids is 1. The Labute approximate surface area is 211 Å². The lowest BCUT2D eigenvalue weighted by Gasteiger charge is -2.36. The number of amides is 4. The molecule has 1 saturated carbocycles. The maximum atomic E-state index is 13.8. The van der Waals surface area contributed by atoms with Gasteiger partial charge in [-0.3, -0.25) is 19.3 Å². The van der Waals surface area contributed by atoms with Crippen molar-refractivity contribution in [2.24, 2.45) is 5.92 Å². The third-order valence-corrected chi connectivity index (χ3v) is 7.40. The topological polar surface area (TPSA) is 119 Å². The van der Waals surface area contributed by atoms with Gasteiger partial charge in [-0.25, -0.2) is 4.79 Å². The highest BCUT2D eigenvalue weighted by atomic mass is 16.5. The molecule has 4 amide bonds. The Balaban J connectivity index is 1.59. The van der Waals surface area contributed by atoms with Crippen molar-refractivity contribution >= 4 is 23.8 Å². The summed E-state index contributed by atoms with van der Waals surface area (Å²) >= 11 is 0. The lowest BCUT2D eigenvalue weighted by Crippen LogP contribution is -2.59. The average molecular weight is 501 g/mol. The van der Waals surface area contributed by atoms with Crippen LogP contribution < -0.4 is 5.32 Å². The lowest BCUT2D eigenvalue weighted by molar-refractivity contribution is -0.138. The van der Waals surface area contributed by atoms with E-state index in [0.29, 0.717) is 31.9 Å². The van der Waals surface area contributed by atoms with E-state index in [-0.39, 0.29) is 37.4 Å². The summed E-state index contributed by atoms with van der Waals surface area (Å²) in [4.78, 5) is 56.8. The monoisotopic (exact) mass is 500 g/mol. The lowest BCUT2D eigenvalue weighted by atomic mass is 9.82. The minimum absolute atomic E-state index is 0.0597. The Bertz CT molecular complexity index is 973. The molecule has 196 valence electrons. The SMILES string of the molecule is Cc1cccc(C(=O)N2CCN(C(=O)N3CCOCC3)C2C(=O)NC(CC(=O)O)C2CCCCC2)c1. The molecule has 0 spiro atoms. The average Bonchev–Trinajstić information content (AvgIpc) is 3.33. The van der Waals surface area contributed by atoms with E-state index in [0.717, 1.165) is 37.7 Å². The fourth-order valence-corrected chi connectivity index (χ4v) is 5.52. The minimum Gasteiger partial charge on any atom is -0.481 e. The third kappa shape index (κ3) is 5.98. The highest BCUT2D eigenvalue weighted by Crippen LogP contribution is 2.29. The number of urea groups is 1. The number of aryl methyl sites for hydroxylation is 1. The molecule has 2 saturated heterocycles. The Kier molecular flexibility index (Phi) is 8.45. The molecule has 36 heavy (non-hydrogen) atoms. The summed E-state index contributed by atoms with van der Waals surface area (Å²) in [6.07, 6.45) is 3.48. The van der Waals surface area contributed by atoms with Crippen LogP contribution in [0.1, 0.15) is 54.4 Å². The fourth-order valence-electron chi connectivity index (χ4n) is 5.52. The molecule has 2 aliphatic heterocycles. The Morgan fingerprint density at radius 2 is 1.72 bits per heavy atom. The molecule has 2 heterocycles. The van der Waals surface area contributed by atoms with Gasteiger partial charge in [-0.1, -0.05) is 37.0 Å². The van der Waals surface area contributed by atoms with E-state index in [1.807, 2.05) is 13.0 Å². The largest absolute Gasteiger partial charge is 0.481 e. The summed E-state index contributed by atoms with van der Waals surface area (Å²) in [5.41, 5.74) is 1.36. The second-order valence-electron chi connectivity index (χ2n) is 9.93. The molecule has 4 rings (SSSR count). The minimum atomic E-state index is -1.15. The smallest absolute Gasteiger partial charge is 0.322 e. The summed E-state index contributed by atoms with van der Waals surface area (Å²) in [5, 5.41) is 12.5. The number of ether oxygens (including phenoxy) is 1. The fraction of sp³-hybridized carbons (Fsp3) is 0.615. The number of carbonyl (C=O) groups excluding carboxylic acids is 3. The van der Waals surface area contributed by atoms with Crippen molar-refractivity contribution < 1.29 is 29.0 Å². The summed E-state index contributed by atoms with van der Waals surface area (Å²) < 4.78 is 5.36. The number of nitrogens with zero attached hydrogens (tertiary/aromatic N) is 3. The molecular weight excluding hydrogens is 464 g/mol. The van der Waals surface area contributed by atoms with Gasteiger partial charge < -0.3 is 25.0 Å². The van der Waals surface area contributed by atoms with E-state index in [9.17, 15) is 24.3 Å². The first kappa shape index (κ1) is 25.9. The van der Waals surface area contributed by atoms with Gasteiger partial charge >= 0.3 is 12.0 Å². The van der Waals surface area contributed by atoms with Gasteiger partial charge in [0.15, 0.2) is 6.17 Å². The zero-order valence-corrected chi connectivity index (χ0v) is 20.9. The maximum absolute atomic E-state index is 13.8. The van der Waals surface area contributed by atoms with Crippen LogP contribution in [-0.4, -0.2) is 95.2 Å². The summed E-state index contributed by atoms with van der Waals surface area (Å²) in [7, 11) is 0. The summed E-state index contributed by atoms with van der Waals surface area (Å²) in [5.74, 6) is -1.76. The van der Waals surface area contributed by atoms with Gasteiger partial charge in [-0.05, 0) is 37.8 Å². The first-order chi connectivity index (χ1) is 17.3. The normalized spacial score (nSPS) is 21.8. The Morgan fingerprint density at radius 3 is 2.39 bits per heavy atom. The molecule has 0 bridgehead atoms. The molecule has 1 aromatic rings. The van der Waals surface area contributed by atoms with E-state index in [1.165, 1.54) is 9.80 Å². The quantitative estimate of drug-likeness (QED) is 0.617. The Morgan fingerprint density at radius 1 is 1.03 bits per heavy atom. The molecule has 1 aromatic carbocycles. The first-order valence-electron chi connectivity index (χ1n) is 12.9. The van der Waals surface area contributed by atoms with E-state index >= 15 is 0 Å². The number of morpholine rings is 1. The number of benzene rings is 1. The number of carbonyl (C=O) groups is 4. The molecule has 3 fully saturated rings. The van der Waals surface area contributed by atoms with Crippen LogP contribution >= 0.6 is 0 Å². The van der Waals surface area contributed by atoms with Crippen molar-refractivity contribution in [3.05, 3.63) is 35.4 Å². The van der Waals surface area contributed by atoms with Crippen LogP contribution in [0.4, 0.5) is 4.79 Å². The molecule has 0 aromatic heterocycles. The number of carboxylic acid groups (broad SMARTS) is 1. The predicted molar refractivity (Wildman–Crippen MR) is 131 cm³/mol. The van der Waals surface area contributed by atoms with Crippen LogP contribution in [0.25, 0.3) is 0 Å². The first-order valence-corrected chi connectivity index (χ1v) is 12.9. The summed E-state index contributed by atoms with van der Waals surface area (Å²) in [6.45, 7) is 4.00. The van der Waals surface area contributed by atoms with Gasteiger partial charge in [0.2, 0.25) is 0 Å². The van der Waals surface area contributed by atoms with E-state index in [1.54, 1.807) is 23.1 Å². The number of nitrogens with one attached hydrogen (secondary N) is 1. The number of aliphatic carboxylic acids is 1. The van der Waals surface area contributed by atoms with Crippen LogP contribution in [0, 0.1) is 12.8 Å². The second-order valence-corrected chi connectivity index (χ2v) is 9.93. The zero-order valence-electron chi connectivity index (χ0n) is 20.9. The molecule has 2 unspecified atom stereocenters. The molecule has 1 aliphatic carbocycles. The molecule has 2 N–H and O–H groups in total. The Hall–Kier alpha value is -3.14. The number of rotatable bonds is 6. The van der Waals surface area contributed by atoms with Crippen molar-refractivity contribution in [1.82, 2.24) is 20.0 Å². The highest BCUT2D eigenvalue weighted by molar-refractivity contribution is 5.99. The molecular formula is C26H36N4O6. The molecule has 0 radical (unpaired) electrons. The van der Waals surface area contributed by atoms with Crippen molar-refractivity contribution in [3.63, 3.8) is 0 Å². The summed E-state index contributed by atoms with van der Waals surface area (Å²) in [6, 6.07) is 6.28. The predicted octanol–water partition coefficient (Wildman–Crippen LogP) is 2.07.